The maximum Gasteiger partial charge on any atom is 0.320 e. The van der Waals surface area contributed by atoms with Gasteiger partial charge in [0.2, 0.25) is 0 Å². The van der Waals surface area contributed by atoms with Crippen LogP contribution in [-0.4, -0.2) is 54.1 Å². The summed E-state index contributed by atoms with van der Waals surface area (Å²) in [5.41, 5.74) is 6.21. The van der Waals surface area contributed by atoms with E-state index in [0.717, 1.165) is 16.8 Å². The van der Waals surface area contributed by atoms with Gasteiger partial charge in [0, 0.05) is 31.4 Å². The lowest BCUT2D eigenvalue weighted by Gasteiger charge is -2.28. The summed E-state index contributed by atoms with van der Waals surface area (Å²) in [6.45, 7) is 4.78. The zero-order chi connectivity index (χ0) is 22.9. The van der Waals surface area contributed by atoms with E-state index in [2.05, 4.69) is 31.5 Å². The van der Waals surface area contributed by atoms with Gasteiger partial charge in [0.1, 0.15) is 11.6 Å². The average molecular weight is 444 g/mol. The van der Waals surface area contributed by atoms with Gasteiger partial charge >= 0.3 is 6.01 Å². The molecule has 0 spiro atoms. The summed E-state index contributed by atoms with van der Waals surface area (Å²) in [5.74, 6) is 0.808. The third-order valence-corrected chi connectivity index (χ3v) is 5.03. The van der Waals surface area contributed by atoms with Crippen molar-refractivity contribution in [2.45, 2.75) is 13.3 Å². The van der Waals surface area contributed by atoms with Crippen molar-refractivity contribution in [3.05, 3.63) is 71.0 Å². The fourth-order valence-electron chi connectivity index (χ4n) is 3.39. The smallest absolute Gasteiger partial charge is 0.320 e. The Morgan fingerprint density at radius 3 is 2.85 bits per heavy atom. The molecule has 1 aliphatic rings. The molecule has 9 nitrogen and oxygen atoms in total. The Morgan fingerprint density at radius 1 is 1.21 bits per heavy atom. The molecule has 1 aliphatic heterocycles. The molecule has 0 aliphatic carbocycles. The molecule has 4 rings (SSSR count). The predicted molar refractivity (Wildman–Crippen MR) is 126 cm³/mol. The number of hydrogen-bond donors (Lipinski definition) is 1. The van der Waals surface area contributed by atoms with Gasteiger partial charge in [-0.05, 0) is 24.6 Å². The number of nitrogens with one attached hydrogen (secondary N) is 1. The van der Waals surface area contributed by atoms with Crippen LogP contribution in [0.4, 0.5) is 11.6 Å². The van der Waals surface area contributed by atoms with Crippen molar-refractivity contribution < 1.29 is 9.47 Å². The van der Waals surface area contributed by atoms with Crippen LogP contribution >= 0.6 is 0 Å². The number of benzene rings is 1. The number of hydrogen-bond acceptors (Lipinski definition) is 9. The van der Waals surface area contributed by atoms with E-state index in [1.54, 1.807) is 12.4 Å². The van der Waals surface area contributed by atoms with Crippen molar-refractivity contribution in [2.75, 3.05) is 43.2 Å². The third-order valence-electron chi connectivity index (χ3n) is 5.03. The summed E-state index contributed by atoms with van der Waals surface area (Å²) in [7, 11) is 0. The number of pyridine rings is 1. The van der Waals surface area contributed by atoms with Crippen LogP contribution in [0.25, 0.3) is 0 Å². The summed E-state index contributed by atoms with van der Waals surface area (Å²) in [6, 6.07) is 16.1. The van der Waals surface area contributed by atoms with Crippen LogP contribution in [0.5, 0.6) is 6.01 Å². The minimum atomic E-state index is 0.180. The highest BCUT2D eigenvalue weighted by Crippen LogP contribution is 2.27. The minimum Gasteiger partial charge on any atom is -0.463 e. The molecule has 3 heterocycles. The number of hydrazone groups is 1. The number of morpholine rings is 1. The van der Waals surface area contributed by atoms with Crippen LogP contribution in [0.3, 0.4) is 0 Å². The second-order valence-corrected chi connectivity index (χ2v) is 7.47. The molecule has 0 bridgehead atoms. The molecular weight excluding hydrogens is 418 g/mol. The number of rotatable bonds is 8. The molecule has 0 amide bonds. The molecule has 1 N–H and O–H groups in total. The monoisotopic (exact) mass is 443 g/mol. The highest BCUT2D eigenvalue weighted by Gasteiger charge is 2.22. The summed E-state index contributed by atoms with van der Waals surface area (Å²) in [6.07, 6.45) is 4.05. The van der Waals surface area contributed by atoms with Gasteiger partial charge in [0.15, 0.2) is 11.6 Å². The summed E-state index contributed by atoms with van der Waals surface area (Å²) in [5, 5.41) is 14.2. The molecule has 1 fully saturated rings. The van der Waals surface area contributed by atoms with E-state index in [1.165, 1.54) is 0 Å². The lowest BCUT2D eigenvalue weighted by molar-refractivity contribution is 0.122. The Morgan fingerprint density at radius 2 is 2.09 bits per heavy atom. The first-order valence-corrected chi connectivity index (χ1v) is 10.8. The number of nitriles is 1. The molecule has 0 atom stereocenters. The molecular formula is C24H25N7O2. The molecule has 0 unspecified atom stereocenters. The van der Waals surface area contributed by atoms with Crippen LogP contribution in [0.2, 0.25) is 0 Å². The first-order valence-electron chi connectivity index (χ1n) is 10.8. The van der Waals surface area contributed by atoms with Crippen molar-refractivity contribution >= 4 is 17.9 Å². The Labute approximate surface area is 192 Å². The number of ether oxygens (including phenoxy) is 2. The molecule has 1 saturated heterocycles. The van der Waals surface area contributed by atoms with E-state index in [1.807, 2.05) is 54.3 Å². The lowest BCUT2D eigenvalue weighted by atomic mass is 10.2. The molecule has 33 heavy (non-hydrogen) atoms. The average Bonchev–Trinajstić information content (AvgIpc) is 2.85. The Bertz CT molecular complexity index is 1140. The second-order valence-electron chi connectivity index (χ2n) is 7.47. The van der Waals surface area contributed by atoms with Gasteiger partial charge in [-0.15, -0.1) is 0 Å². The maximum absolute atomic E-state index is 9.87. The van der Waals surface area contributed by atoms with Gasteiger partial charge in [-0.1, -0.05) is 35.9 Å². The van der Waals surface area contributed by atoms with Crippen molar-refractivity contribution in [2.24, 2.45) is 5.10 Å². The number of anilines is 2. The Kier molecular flexibility index (Phi) is 7.40. The van der Waals surface area contributed by atoms with E-state index < -0.39 is 0 Å². The summed E-state index contributed by atoms with van der Waals surface area (Å²) < 4.78 is 11.3. The Hall–Kier alpha value is -4.03. The zero-order valence-electron chi connectivity index (χ0n) is 18.4. The van der Waals surface area contributed by atoms with Gasteiger partial charge in [0.05, 0.1) is 26.0 Å². The summed E-state index contributed by atoms with van der Waals surface area (Å²) >= 11 is 0. The number of aromatic nitrogens is 3. The molecule has 0 saturated carbocycles. The van der Waals surface area contributed by atoms with E-state index in [9.17, 15) is 5.26 Å². The minimum absolute atomic E-state index is 0.180. The van der Waals surface area contributed by atoms with Crippen molar-refractivity contribution in [1.82, 2.24) is 15.0 Å². The molecule has 168 valence electrons. The standard InChI is InChI=1S/C24H25N7O2/c1-18-5-4-6-19(15-18)17-27-30-22-21(16-25)23(31-10-13-32-14-11-31)29-24(28-22)33-12-8-20-7-2-3-9-26-20/h2-7,9,15,17H,8,10-14H2,1H3,(H,28,29,30)/b27-17+. The lowest BCUT2D eigenvalue weighted by Crippen LogP contribution is -2.37. The largest absolute Gasteiger partial charge is 0.463 e. The van der Waals surface area contributed by atoms with Crippen LogP contribution in [0, 0.1) is 18.3 Å². The van der Waals surface area contributed by atoms with Crippen molar-refractivity contribution in [3.8, 4) is 12.1 Å². The van der Waals surface area contributed by atoms with E-state index in [-0.39, 0.29) is 6.01 Å². The zero-order valence-corrected chi connectivity index (χ0v) is 18.4. The van der Waals surface area contributed by atoms with Crippen LogP contribution in [-0.2, 0) is 11.2 Å². The third kappa shape index (κ3) is 6.02. The topological polar surface area (TPSA) is 109 Å². The number of nitrogens with zero attached hydrogens (tertiary/aromatic N) is 6. The molecule has 2 aromatic heterocycles. The fourth-order valence-corrected chi connectivity index (χ4v) is 3.39. The molecule has 1 aromatic carbocycles. The van der Waals surface area contributed by atoms with Gasteiger partial charge in [-0.3, -0.25) is 10.4 Å². The van der Waals surface area contributed by atoms with Crippen LogP contribution < -0.4 is 15.1 Å². The first-order chi connectivity index (χ1) is 16.2. The maximum atomic E-state index is 9.87. The highest BCUT2D eigenvalue weighted by atomic mass is 16.5. The fraction of sp³-hybridized carbons (Fsp3) is 0.292. The van der Waals surface area contributed by atoms with Gasteiger partial charge < -0.3 is 14.4 Å². The predicted octanol–water partition coefficient (Wildman–Crippen LogP) is 2.96. The SMILES string of the molecule is Cc1cccc(/C=N/Nc2nc(OCCc3ccccn3)nc(N3CCOCC3)c2C#N)c1. The van der Waals surface area contributed by atoms with Crippen molar-refractivity contribution in [1.29, 1.82) is 5.26 Å². The van der Waals surface area contributed by atoms with Crippen LogP contribution in [0.1, 0.15) is 22.4 Å². The van der Waals surface area contributed by atoms with Gasteiger partial charge in [-0.25, -0.2) is 0 Å². The van der Waals surface area contributed by atoms with Gasteiger partial charge in [-0.2, -0.15) is 20.3 Å². The normalized spacial score (nSPS) is 13.6. The first kappa shape index (κ1) is 22.2. The number of aryl methyl sites for hydroxylation is 1. The van der Waals surface area contributed by atoms with E-state index in [4.69, 9.17) is 9.47 Å². The summed E-state index contributed by atoms with van der Waals surface area (Å²) in [4.78, 5) is 15.3. The van der Waals surface area contributed by atoms with Crippen LogP contribution in [0.15, 0.2) is 53.8 Å². The second kappa shape index (κ2) is 11.0. The quantitative estimate of drug-likeness (QED) is 0.418. The Balaban J connectivity index is 1.57. The molecule has 9 heteroatoms. The molecule has 0 radical (unpaired) electrons. The van der Waals surface area contributed by atoms with Crippen molar-refractivity contribution in [3.63, 3.8) is 0 Å². The van der Waals surface area contributed by atoms with Gasteiger partial charge in [0.25, 0.3) is 0 Å². The molecule has 3 aromatic rings. The highest BCUT2D eigenvalue weighted by molar-refractivity contribution is 5.80. The van der Waals surface area contributed by atoms with E-state index >= 15 is 0 Å². The van der Waals surface area contributed by atoms with E-state index in [0.29, 0.717) is 56.5 Å².